The maximum absolute atomic E-state index is 12.6. The van der Waals surface area contributed by atoms with E-state index in [1.54, 1.807) is 7.05 Å². The van der Waals surface area contributed by atoms with E-state index in [2.05, 4.69) is 11.0 Å². The molecule has 2 fully saturated rings. The molecule has 8 heteroatoms. The van der Waals surface area contributed by atoms with E-state index in [4.69, 9.17) is 21.9 Å². The van der Waals surface area contributed by atoms with Crippen molar-refractivity contribution in [2.75, 3.05) is 31.6 Å². The number of thioether (sulfide) groups is 1. The standard InChI is InChI=1S/C23H25N3O3S2/c1-4-29-22(28)15-8-10-26(11-9-15)20-17(13-18-21(27)25(3)23(30)31-18)12-16-7-5-6-14(2)19(16)24-20/h5-7,12-13,15H,4,8-11H2,1-3H3/b18-13-. The monoisotopic (exact) mass is 455 g/mol. The molecule has 0 radical (unpaired) electrons. The van der Waals surface area contributed by atoms with E-state index in [1.165, 1.54) is 16.7 Å². The summed E-state index contributed by atoms with van der Waals surface area (Å²) in [6.07, 6.45) is 3.34. The molecule has 3 heterocycles. The Morgan fingerprint density at radius 2 is 2.10 bits per heavy atom. The van der Waals surface area contributed by atoms with Crippen LogP contribution < -0.4 is 4.90 Å². The number of benzene rings is 1. The molecular formula is C23H25N3O3S2. The minimum absolute atomic E-state index is 0.0711. The molecule has 1 aromatic heterocycles. The number of aryl methyl sites for hydroxylation is 1. The van der Waals surface area contributed by atoms with E-state index in [9.17, 15) is 9.59 Å². The predicted octanol–water partition coefficient (Wildman–Crippen LogP) is 4.15. The number of likely N-dealkylation sites (N-methyl/N-ethyl adjacent to an activating group) is 1. The molecule has 31 heavy (non-hydrogen) atoms. The number of fused-ring (bicyclic) bond motifs is 1. The molecule has 2 aliphatic heterocycles. The summed E-state index contributed by atoms with van der Waals surface area (Å²) >= 11 is 6.59. The molecule has 4 rings (SSSR count). The number of nitrogens with zero attached hydrogens (tertiary/aromatic N) is 3. The van der Waals surface area contributed by atoms with Crippen LogP contribution in [-0.4, -0.2) is 52.8 Å². The number of para-hydroxylation sites is 1. The molecule has 0 saturated carbocycles. The Kier molecular flexibility index (Phi) is 6.29. The summed E-state index contributed by atoms with van der Waals surface area (Å²) in [6.45, 7) is 5.71. The van der Waals surface area contributed by atoms with Crippen molar-refractivity contribution in [2.24, 2.45) is 5.92 Å². The number of hydrogen-bond acceptors (Lipinski definition) is 7. The van der Waals surface area contributed by atoms with Crippen LogP contribution in [0.2, 0.25) is 0 Å². The Balaban J connectivity index is 1.71. The van der Waals surface area contributed by atoms with Gasteiger partial charge >= 0.3 is 5.97 Å². The number of ether oxygens (including phenoxy) is 1. The minimum Gasteiger partial charge on any atom is -0.466 e. The Morgan fingerprint density at radius 1 is 1.35 bits per heavy atom. The van der Waals surface area contributed by atoms with Crippen molar-refractivity contribution in [3.63, 3.8) is 0 Å². The van der Waals surface area contributed by atoms with Crippen LogP contribution >= 0.6 is 24.0 Å². The molecule has 1 aromatic carbocycles. The van der Waals surface area contributed by atoms with Crippen LogP contribution in [0, 0.1) is 12.8 Å². The number of hydrogen-bond donors (Lipinski definition) is 0. The number of piperidine rings is 1. The fraction of sp³-hybridized carbons (Fsp3) is 0.391. The van der Waals surface area contributed by atoms with Gasteiger partial charge in [0.15, 0.2) is 0 Å². The van der Waals surface area contributed by atoms with Gasteiger partial charge in [-0.25, -0.2) is 4.98 Å². The number of anilines is 1. The van der Waals surface area contributed by atoms with Gasteiger partial charge in [-0.3, -0.25) is 14.5 Å². The Labute approximate surface area is 191 Å². The Morgan fingerprint density at radius 3 is 2.74 bits per heavy atom. The van der Waals surface area contributed by atoms with Crippen LogP contribution in [0.25, 0.3) is 17.0 Å². The maximum Gasteiger partial charge on any atom is 0.309 e. The van der Waals surface area contributed by atoms with E-state index in [1.807, 2.05) is 38.1 Å². The third-order valence-corrected chi connectivity index (χ3v) is 7.23. The number of esters is 1. The number of carbonyl (C=O) groups excluding carboxylic acids is 2. The first-order valence-corrected chi connectivity index (χ1v) is 11.6. The zero-order valence-corrected chi connectivity index (χ0v) is 19.5. The molecule has 0 N–H and O–H groups in total. The van der Waals surface area contributed by atoms with Crippen LogP contribution in [0.15, 0.2) is 29.2 Å². The van der Waals surface area contributed by atoms with Gasteiger partial charge < -0.3 is 9.64 Å². The van der Waals surface area contributed by atoms with Crippen LogP contribution in [0.3, 0.4) is 0 Å². The minimum atomic E-state index is -0.115. The molecule has 162 valence electrons. The zero-order valence-electron chi connectivity index (χ0n) is 17.9. The van der Waals surface area contributed by atoms with Gasteiger partial charge in [0.05, 0.1) is 22.9 Å². The van der Waals surface area contributed by atoms with E-state index in [-0.39, 0.29) is 17.8 Å². The molecule has 2 aromatic rings. The Hall–Kier alpha value is -2.45. The molecule has 2 saturated heterocycles. The highest BCUT2D eigenvalue weighted by molar-refractivity contribution is 8.26. The fourth-order valence-electron chi connectivity index (χ4n) is 3.99. The first kappa shape index (κ1) is 21.8. The first-order valence-electron chi connectivity index (χ1n) is 10.4. The summed E-state index contributed by atoms with van der Waals surface area (Å²) in [6, 6.07) is 8.19. The number of carbonyl (C=O) groups is 2. The number of rotatable bonds is 4. The normalized spacial score (nSPS) is 19.0. The summed E-state index contributed by atoms with van der Waals surface area (Å²) in [4.78, 5) is 34.0. The highest BCUT2D eigenvalue weighted by Gasteiger charge is 2.31. The first-order chi connectivity index (χ1) is 14.9. The smallest absolute Gasteiger partial charge is 0.309 e. The number of amides is 1. The second-order valence-electron chi connectivity index (χ2n) is 7.80. The second-order valence-corrected chi connectivity index (χ2v) is 9.48. The van der Waals surface area contributed by atoms with Crippen molar-refractivity contribution in [2.45, 2.75) is 26.7 Å². The zero-order chi connectivity index (χ0) is 22.1. The molecule has 0 atom stereocenters. The predicted molar refractivity (Wildman–Crippen MR) is 129 cm³/mol. The van der Waals surface area contributed by atoms with Gasteiger partial charge in [0, 0.05) is 31.1 Å². The molecule has 0 spiro atoms. The van der Waals surface area contributed by atoms with E-state index < -0.39 is 0 Å². The summed E-state index contributed by atoms with van der Waals surface area (Å²) in [7, 11) is 1.70. The third-order valence-electron chi connectivity index (χ3n) is 5.74. The quantitative estimate of drug-likeness (QED) is 0.390. The highest BCUT2D eigenvalue weighted by Crippen LogP contribution is 2.35. The lowest BCUT2D eigenvalue weighted by molar-refractivity contribution is -0.148. The van der Waals surface area contributed by atoms with Gasteiger partial charge in [0.2, 0.25) is 0 Å². The lowest BCUT2D eigenvalue weighted by Gasteiger charge is -2.33. The molecular weight excluding hydrogens is 430 g/mol. The second kappa shape index (κ2) is 8.96. The fourth-order valence-corrected chi connectivity index (χ4v) is 5.16. The number of thiocarbonyl (C=S) groups is 1. The van der Waals surface area contributed by atoms with Gasteiger partial charge in [-0.2, -0.15) is 0 Å². The molecule has 0 aliphatic carbocycles. The van der Waals surface area contributed by atoms with Crippen molar-refractivity contribution in [1.29, 1.82) is 0 Å². The van der Waals surface area contributed by atoms with Crippen LogP contribution in [-0.2, 0) is 14.3 Å². The molecule has 1 amide bonds. The third kappa shape index (κ3) is 4.32. The van der Waals surface area contributed by atoms with E-state index >= 15 is 0 Å². The lowest BCUT2D eigenvalue weighted by Crippen LogP contribution is -2.37. The van der Waals surface area contributed by atoms with Gasteiger partial charge in [0.1, 0.15) is 10.1 Å². The van der Waals surface area contributed by atoms with Crippen molar-refractivity contribution in [1.82, 2.24) is 9.88 Å². The van der Waals surface area contributed by atoms with Crippen LogP contribution in [0.1, 0.15) is 30.9 Å². The van der Waals surface area contributed by atoms with E-state index in [0.29, 0.717) is 28.9 Å². The van der Waals surface area contributed by atoms with Crippen molar-refractivity contribution >= 4 is 63.0 Å². The van der Waals surface area contributed by atoms with Crippen LogP contribution in [0.5, 0.6) is 0 Å². The molecule has 0 unspecified atom stereocenters. The average Bonchev–Trinajstić information content (AvgIpc) is 3.00. The SMILES string of the molecule is CCOC(=O)C1CCN(c2nc3c(C)cccc3cc2/C=C2\SC(=S)N(C)C2=O)CC1. The summed E-state index contributed by atoms with van der Waals surface area (Å²) in [5.41, 5.74) is 2.94. The molecule has 6 nitrogen and oxygen atoms in total. The largest absolute Gasteiger partial charge is 0.466 e. The number of aromatic nitrogens is 1. The topological polar surface area (TPSA) is 62.7 Å². The van der Waals surface area contributed by atoms with Gasteiger partial charge in [-0.15, -0.1) is 0 Å². The van der Waals surface area contributed by atoms with Crippen molar-refractivity contribution in [3.8, 4) is 0 Å². The number of pyridine rings is 1. The van der Waals surface area contributed by atoms with Crippen molar-refractivity contribution in [3.05, 3.63) is 40.3 Å². The van der Waals surface area contributed by atoms with Crippen molar-refractivity contribution < 1.29 is 14.3 Å². The van der Waals surface area contributed by atoms with Gasteiger partial charge in [-0.05, 0) is 44.4 Å². The average molecular weight is 456 g/mol. The molecule has 0 bridgehead atoms. The highest BCUT2D eigenvalue weighted by atomic mass is 32.2. The summed E-state index contributed by atoms with van der Waals surface area (Å²) in [5.74, 6) is 0.561. The van der Waals surface area contributed by atoms with Crippen LogP contribution in [0.4, 0.5) is 5.82 Å². The van der Waals surface area contributed by atoms with E-state index in [0.717, 1.165) is 40.7 Å². The Bertz CT molecular complexity index is 1090. The summed E-state index contributed by atoms with van der Waals surface area (Å²) in [5, 5.41) is 1.03. The summed E-state index contributed by atoms with van der Waals surface area (Å²) < 4.78 is 5.75. The maximum atomic E-state index is 12.6. The lowest BCUT2D eigenvalue weighted by atomic mass is 9.96. The van der Waals surface area contributed by atoms with Gasteiger partial charge in [0.25, 0.3) is 5.91 Å². The van der Waals surface area contributed by atoms with Gasteiger partial charge in [-0.1, -0.05) is 42.2 Å². The molecule has 2 aliphatic rings.